The van der Waals surface area contributed by atoms with Gasteiger partial charge in [-0.05, 0) is 6.42 Å². The second-order valence-corrected chi connectivity index (χ2v) is 4.61. The molecule has 0 amide bonds. The van der Waals surface area contributed by atoms with Crippen LogP contribution in [0.1, 0.15) is 33.1 Å². The summed E-state index contributed by atoms with van der Waals surface area (Å²) in [5, 5.41) is 0. The maximum absolute atomic E-state index is 11.6. The molecule has 0 aliphatic heterocycles. The van der Waals surface area contributed by atoms with Crippen molar-refractivity contribution in [2.24, 2.45) is 11.3 Å². The highest BCUT2D eigenvalue weighted by Gasteiger charge is 2.42. The Morgan fingerprint density at radius 2 is 2.25 bits per heavy atom. The molecule has 1 rings (SSSR count). The van der Waals surface area contributed by atoms with Crippen LogP contribution in [0.25, 0.3) is 5.53 Å². The Morgan fingerprint density at radius 3 is 2.81 bits per heavy atom. The van der Waals surface area contributed by atoms with E-state index in [0.717, 1.165) is 11.8 Å². The van der Waals surface area contributed by atoms with Crippen LogP contribution < -0.4 is 0 Å². The van der Waals surface area contributed by atoms with Crippen LogP contribution in [0.5, 0.6) is 0 Å². The minimum Gasteiger partial charge on any atom is -0.361 e. The molecule has 2 atom stereocenters. The zero-order chi connectivity index (χ0) is 12.3. The molecule has 0 aromatic rings. The molecule has 86 valence electrons. The second kappa shape index (κ2) is 4.54. The molecule has 2 unspecified atom stereocenters. The first kappa shape index (κ1) is 12.5. The zero-order valence-electron chi connectivity index (χ0n) is 9.69. The zero-order valence-corrected chi connectivity index (χ0v) is 9.69. The summed E-state index contributed by atoms with van der Waals surface area (Å²) >= 11 is 0. The third kappa shape index (κ3) is 2.17. The summed E-state index contributed by atoms with van der Waals surface area (Å²) in [6.07, 6.45) is 2.40. The molecule has 0 radical (unpaired) electrons. The second-order valence-electron chi connectivity index (χ2n) is 4.61. The van der Waals surface area contributed by atoms with E-state index in [0.29, 0.717) is 19.3 Å². The van der Waals surface area contributed by atoms with Crippen LogP contribution in [0.15, 0.2) is 12.2 Å². The molecule has 0 saturated heterocycles. The van der Waals surface area contributed by atoms with Gasteiger partial charge in [0.1, 0.15) is 5.78 Å². The Labute approximate surface area is 95.0 Å². The van der Waals surface area contributed by atoms with E-state index in [1.54, 1.807) is 6.92 Å². The maximum atomic E-state index is 11.6. The molecule has 16 heavy (non-hydrogen) atoms. The molecular formula is C12H16N2O2. The van der Waals surface area contributed by atoms with Crippen LogP contribution in [0.2, 0.25) is 0 Å². The van der Waals surface area contributed by atoms with Crippen LogP contribution in [-0.4, -0.2) is 22.6 Å². The van der Waals surface area contributed by atoms with Gasteiger partial charge in [0, 0.05) is 24.2 Å². The number of nitrogens with zero attached hydrogens (tertiary/aromatic N) is 2. The van der Waals surface area contributed by atoms with Gasteiger partial charge in [-0.25, -0.2) is 0 Å². The van der Waals surface area contributed by atoms with Crippen LogP contribution in [0, 0.1) is 11.3 Å². The lowest BCUT2D eigenvalue weighted by Crippen LogP contribution is -2.38. The maximum Gasteiger partial charge on any atom is 0.323 e. The molecular weight excluding hydrogens is 204 g/mol. The highest BCUT2D eigenvalue weighted by Crippen LogP contribution is 2.44. The smallest absolute Gasteiger partial charge is 0.323 e. The molecule has 0 aromatic heterocycles. The van der Waals surface area contributed by atoms with Crippen molar-refractivity contribution in [1.82, 2.24) is 0 Å². The lowest BCUT2D eigenvalue weighted by atomic mass is 9.64. The lowest BCUT2D eigenvalue weighted by molar-refractivity contribution is -0.126. The molecule has 4 heteroatoms. The summed E-state index contributed by atoms with van der Waals surface area (Å²) < 4.78 is 0. The van der Waals surface area contributed by atoms with Crippen LogP contribution in [0.4, 0.5) is 0 Å². The molecule has 0 aromatic carbocycles. The van der Waals surface area contributed by atoms with Gasteiger partial charge < -0.3 is 5.53 Å². The van der Waals surface area contributed by atoms with E-state index < -0.39 is 5.41 Å². The number of Topliss-reactive ketones (excluding diaryl/α,β-unsaturated/α-hetero) is 2. The highest BCUT2D eigenvalue weighted by atomic mass is 16.1. The third-order valence-corrected chi connectivity index (χ3v) is 3.65. The van der Waals surface area contributed by atoms with Gasteiger partial charge in [0.25, 0.3) is 0 Å². The van der Waals surface area contributed by atoms with Gasteiger partial charge in [-0.2, -0.15) is 4.79 Å². The van der Waals surface area contributed by atoms with E-state index in [1.165, 1.54) is 0 Å². The monoisotopic (exact) mass is 220 g/mol. The predicted molar refractivity (Wildman–Crippen MR) is 60.0 cm³/mol. The van der Waals surface area contributed by atoms with Gasteiger partial charge in [0.2, 0.25) is 5.78 Å². The van der Waals surface area contributed by atoms with E-state index in [9.17, 15) is 9.59 Å². The summed E-state index contributed by atoms with van der Waals surface area (Å²) in [6, 6.07) is 0. The van der Waals surface area contributed by atoms with Crippen molar-refractivity contribution >= 4 is 17.8 Å². The summed E-state index contributed by atoms with van der Waals surface area (Å²) in [5.41, 5.74) is 8.77. The van der Waals surface area contributed by atoms with Gasteiger partial charge in [0.15, 0.2) is 0 Å². The quantitative estimate of drug-likeness (QED) is 0.315. The fourth-order valence-electron chi connectivity index (χ4n) is 2.14. The van der Waals surface area contributed by atoms with Crippen molar-refractivity contribution < 1.29 is 14.4 Å². The van der Waals surface area contributed by atoms with E-state index in [-0.39, 0.29) is 17.5 Å². The average Bonchev–Trinajstić information content (AvgIpc) is 2.23. The van der Waals surface area contributed by atoms with Crippen molar-refractivity contribution in [3.8, 4) is 0 Å². The standard InChI is InChI=1S/C12H16N2O2/c1-8-4-5-10(15)6-12(8,3)9(2)11(16)7-14-13/h7,9H,1,4-6H2,2-3H3. The molecule has 1 aliphatic rings. The molecule has 1 aliphatic carbocycles. The Morgan fingerprint density at radius 1 is 1.62 bits per heavy atom. The fraction of sp³-hybridized carbons (Fsp3) is 0.583. The topological polar surface area (TPSA) is 70.5 Å². The number of hydrogen-bond donors (Lipinski definition) is 0. The number of carbonyl (C=O) groups excluding carboxylic acids is 2. The SMILES string of the molecule is C=C1CCC(=O)CC1(C)C(C)C(=O)C=[N+]=[N-]. The molecule has 0 heterocycles. The van der Waals surface area contributed by atoms with Crippen molar-refractivity contribution in [1.29, 1.82) is 0 Å². The van der Waals surface area contributed by atoms with Gasteiger partial charge >= 0.3 is 6.21 Å². The Kier molecular flexibility index (Phi) is 3.55. The summed E-state index contributed by atoms with van der Waals surface area (Å²) in [4.78, 5) is 25.8. The summed E-state index contributed by atoms with van der Waals surface area (Å²) in [7, 11) is 0. The predicted octanol–water partition coefficient (Wildman–Crippen LogP) is 1.81. The number of carbonyl (C=O) groups is 2. The number of hydrogen-bond acceptors (Lipinski definition) is 2. The number of ketones is 2. The van der Waals surface area contributed by atoms with Gasteiger partial charge in [-0.3, -0.25) is 9.59 Å². The minimum atomic E-state index is -0.506. The Balaban J connectivity index is 2.98. The van der Waals surface area contributed by atoms with Crippen molar-refractivity contribution in [3.63, 3.8) is 0 Å². The first-order valence-electron chi connectivity index (χ1n) is 5.33. The van der Waals surface area contributed by atoms with Gasteiger partial charge in [0.05, 0.1) is 0 Å². The van der Waals surface area contributed by atoms with Crippen LogP contribution in [-0.2, 0) is 9.59 Å². The Bertz CT molecular complexity index is 394. The minimum absolute atomic E-state index is 0.162. The molecule has 0 N–H and O–H groups in total. The van der Waals surface area contributed by atoms with Crippen molar-refractivity contribution in [2.45, 2.75) is 33.1 Å². The number of rotatable bonds is 3. The summed E-state index contributed by atoms with van der Waals surface area (Å²) in [6.45, 7) is 7.57. The average molecular weight is 220 g/mol. The molecule has 0 spiro atoms. The number of allylic oxidation sites excluding steroid dienone is 1. The van der Waals surface area contributed by atoms with E-state index in [1.807, 2.05) is 6.92 Å². The fourth-order valence-corrected chi connectivity index (χ4v) is 2.14. The molecule has 4 nitrogen and oxygen atoms in total. The van der Waals surface area contributed by atoms with E-state index >= 15 is 0 Å². The summed E-state index contributed by atoms with van der Waals surface area (Å²) in [5.74, 6) is -0.503. The first-order valence-corrected chi connectivity index (χ1v) is 5.33. The van der Waals surface area contributed by atoms with Crippen molar-refractivity contribution in [3.05, 3.63) is 17.7 Å². The molecule has 1 saturated carbocycles. The van der Waals surface area contributed by atoms with Crippen molar-refractivity contribution in [2.75, 3.05) is 0 Å². The largest absolute Gasteiger partial charge is 0.361 e. The van der Waals surface area contributed by atoms with E-state index in [4.69, 9.17) is 5.53 Å². The normalized spacial score (nSPS) is 27.1. The van der Waals surface area contributed by atoms with Crippen LogP contribution in [0.3, 0.4) is 0 Å². The highest BCUT2D eigenvalue weighted by molar-refractivity contribution is 6.26. The lowest BCUT2D eigenvalue weighted by Gasteiger charge is -2.38. The van der Waals surface area contributed by atoms with Crippen LogP contribution >= 0.6 is 0 Å². The first-order chi connectivity index (χ1) is 7.41. The van der Waals surface area contributed by atoms with Gasteiger partial charge in [-0.1, -0.05) is 26.0 Å². The van der Waals surface area contributed by atoms with E-state index in [2.05, 4.69) is 11.4 Å². The third-order valence-electron chi connectivity index (χ3n) is 3.65. The molecule has 0 bridgehead atoms. The molecule has 1 fully saturated rings. The van der Waals surface area contributed by atoms with Gasteiger partial charge in [-0.15, -0.1) is 0 Å². The Hall–Kier alpha value is -1.54.